The van der Waals surface area contributed by atoms with E-state index in [2.05, 4.69) is 15.0 Å². The van der Waals surface area contributed by atoms with Gasteiger partial charge < -0.3 is 14.2 Å². The van der Waals surface area contributed by atoms with Crippen LogP contribution in [-0.2, 0) is 0 Å². The van der Waals surface area contributed by atoms with Gasteiger partial charge in [-0.2, -0.15) is 9.97 Å². The smallest absolute Gasteiger partial charge is 0.329 e. The van der Waals surface area contributed by atoms with Gasteiger partial charge in [-0.1, -0.05) is 6.07 Å². The van der Waals surface area contributed by atoms with Gasteiger partial charge in [0.15, 0.2) is 0 Å². The third-order valence-electron chi connectivity index (χ3n) is 2.08. The first-order chi connectivity index (χ1) is 9.21. The van der Waals surface area contributed by atoms with Crippen molar-refractivity contribution in [2.24, 2.45) is 0 Å². The average Bonchev–Trinajstić information content (AvgIpc) is 2.39. The first kappa shape index (κ1) is 13.4. The molecule has 0 amide bonds. The molecule has 2 aromatic rings. The topological polar surface area (TPSA) is 66.4 Å². The molecule has 1 heterocycles. The second-order valence-corrected chi connectivity index (χ2v) is 3.72. The summed E-state index contributed by atoms with van der Waals surface area (Å²) < 4.78 is 15.7. The summed E-state index contributed by atoms with van der Waals surface area (Å²) in [4.78, 5) is 11.5. The van der Waals surface area contributed by atoms with Gasteiger partial charge in [-0.25, -0.2) is 0 Å². The summed E-state index contributed by atoms with van der Waals surface area (Å²) in [5, 5.41) is 0.00260. The van der Waals surface area contributed by atoms with Crippen molar-refractivity contribution in [3.05, 3.63) is 29.5 Å². The summed E-state index contributed by atoms with van der Waals surface area (Å²) in [6, 6.07) is 7.28. The van der Waals surface area contributed by atoms with Crippen molar-refractivity contribution in [3.63, 3.8) is 0 Å². The third-order valence-corrected chi connectivity index (χ3v) is 2.24. The minimum Gasteiger partial charge on any atom is -0.494 e. The highest BCUT2D eigenvalue weighted by atomic mass is 35.5. The van der Waals surface area contributed by atoms with Crippen molar-refractivity contribution < 1.29 is 14.2 Å². The molecule has 0 fully saturated rings. The zero-order valence-corrected chi connectivity index (χ0v) is 11.2. The van der Waals surface area contributed by atoms with Gasteiger partial charge in [0, 0.05) is 6.07 Å². The quantitative estimate of drug-likeness (QED) is 0.839. The normalized spacial score (nSPS) is 10.1. The predicted molar refractivity (Wildman–Crippen MR) is 69.1 cm³/mol. The maximum Gasteiger partial charge on any atom is 0.329 e. The van der Waals surface area contributed by atoms with Gasteiger partial charge >= 0.3 is 12.0 Å². The van der Waals surface area contributed by atoms with Crippen molar-refractivity contribution in [2.75, 3.05) is 13.7 Å². The highest BCUT2D eigenvalue weighted by Gasteiger charge is 2.08. The van der Waals surface area contributed by atoms with Crippen molar-refractivity contribution in [3.8, 4) is 23.5 Å². The zero-order valence-electron chi connectivity index (χ0n) is 10.5. The molecule has 0 atom stereocenters. The molecular formula is C12H12ClN3O3. The van der Waals surface area contributed by atoms with Crippen LogP contribution in [0.25, 0.3) is 0 Å². The van der Waals surface area contributed by atoms with Gasteiger partial charge in [-0.3, -0.25) is 0 Å². The molecule has 0 unspecified atom stereocenters. The van der Waals surface area contributed by atoms with E-state index in [0.29, 0.717) is 18.1 Å². The summed E-state index contributed by atoms with van der Waals surface area (Å²) >= 11 is 5.73. The maximum absolute atomic E-state index is 5.73. The van der Waals surface area contributed by atoms with Crippen LogP contribution >= 0.6 is 11.6 Å². The Kier molecular flexibility index (Phi) is 4.35. The summed E-state index contributed by atoms with van der Waals surface area (Å²) in [6.07, 6.45) is 0. The number of rotatable bonds is 5. The van der Waals surface area contributed by atoms with Crippen LogP contribution in [0.5, 0.6) is 23.5 Å². The Bertz CT molecular complexity index is 566. The number of hydrogen-bond donors (Lipinski definition) is 0. The first-order valence-corrected chi connectivity index (χ1v) is 5.95. The minimum atomic E-state index is 0.00260. The van der Waals surface area contributed by atoms with Crippen LogP contribution in [-0.4, -0.2) is 28.7 Å². The molecule has 1 aromatic carbocycles. The van der Waals surface area contributed by atoms with E-state index >= 15 is 0 Å². The molecule has 0 spiro atoms. The Morgan fingerprint density at radius 2 is 1.84 bits per heavy atom. The lowest BCUT2D eigenvalue weighted by atomic mass is 10.3. The van der Waals surface area contributed by atoms with E-state index < -0.39 is 0 Å². The summed E-state index contributed by atoms with van der Waals surface area (Å²) in [5.41, 5.74) is 0. The van der Waals surface area contributed by atoms with E-state index in [1.54, 1.807) is 18.2 Å². The molecule has 0 aliphatic carbocycles. The molecular weight excluding hydrogens is 270 g/mol. The van der Waals surface area contributed by atoms with Gasteiger partial charge in [-0.15, -0.1) is 4.98 Å². The molecule has 100 valence electrons. The van der Waals surface area contributed by atoms with E-state index in [9.17, 15) is 0 Å². The Labute approximate surface area is 115 Å². The summed E-state index contributed by atoms with van der Waals surface area (Å²) in [6.45, 7) is 2.49. The van der Waals surface area contributed by atoms with Gasteiger partial charge in [-0.05, 0) is 30.7 Å². The summed E-state index contributed by atoms with van der Waals surface area (Å²) in [5.74, 6) is 1.24. The molecule has 0 radical (unpaired) electrons. The van der Waals surface area contributed by atoms with Crippen LogP contribution in [0.2, 0.25) is 5.28 Å². The predicted octanol–water partition coefficient (Wildman–Crippen LogP) is 2.72. The fourth-order valence-corrected chi connectivity index (χ4v) is 1.50. The third kappa shape index (κ3) is 3.69. The van der Waals surface area contributed by atoms with E-state index in [-0.39, 0.29) is 17.3 Å². The molecule has 0 saturated heterocycles. The first-order valence-electron chi connectivity index (χ1n) is 5.57. The van der Waals surface area contributed by atoms with Crippen LogP contribution in [0.3, 0.4) is 0 Å². The maximum atomic E-state index is 5.73. The van der Waals surface area contributed by atoms with Gasteiger partial charge in [0.2, 0.25) is 5.28 Å². The molecule has 1 aromatic heterocycles. The lowest BCUT2D eigenvalue weighted by Gasteiger charge is -2.07. The molecule has 6 nitrogen and oxygen atoms in total. The number of ether oxygens (including phenoxy) is 3. The number of benzene rings is 1. The van der Waals surface area contributed by atoms with Crippen LogP contribution < -0.4 is 14.2 Å². The number of aromatic nitrogens is 3. The average molecular weight is 282 g/mol. The Balaban J connectivity index is 2.20. The Morgan fingerprint density at radius 3 is 2.58 bits per heavy atom. The highest BCUT2D eigenvalue weighted by molar-refractivity contribution is 6.28. The Hall–Kier alpha value is -2.08. The molecule has 0 N–H and O–H groups in total. The molecule has 19 heavy (non-hydrogen) atoms. The van der Waals surface area contributed by atoms with Crippen molar-refractivity contribution in [1.82, 2.24) is 15.0 Å². The monoisotopic (exact) mass is 281 g/mol. The fraction of sp³-hybridized carbons (Fsp3) is 0.250. The second-order valence-electron chi connectivity index (χ2n) is 3.38. The number of hydrogen-bond acceptors (Lipinski definition) is 6. The molecule has 0 saturated carbocycles. The van der Waals surface area contributed by atoms with Gasteiger partial charge in [0.25, 0.3) is 0 Å². The van der Waals surface area contributed by atoms with Crippen LogP contribution in [0.1, 0.15) is 6.92 Å². The van der Waals surface area contributed by atoms with Crippen molar-refractivity contribution in [2.45, 2.75) is 6.92 Å². The van der Waals surface area contributed by atoms with Gasteiger partial charge in [0.1, 0.15) is 11.5 Å². The second kappa shape index (κ2) is 6.19. The van der Waals surface area contributed by atoms with E-state index in [1.165, 1.54) is 7.11 Å². The SMILES string of the molecule is CCOc1cccc(Oc2nc(Cl)nc(OC)n2)c1. The molecule has 0 aliphatic heterocycles. The zero-order chi connectivity index (χ0) is 13.7. The lowest BCUT2D eigenvalue weighted by molar-refractivity contribution is 0.336. The standard InChI is InChI=1S/C12H12ClN3O3/c1-3-18-8-5-4-6-9(7-8)19-12-15-10(13)14-11(16-12)17-2/h4-7H,3H2,1-2H3. The van der Waals surface area contributed by atoms with Crippen LogP contribution in [0.4, 0.5) is 0 Å². The van der Waals surface area contributed by atoms with Crippen LogP contribution in [0.15, 0.2) is 24.3 Å². The fourth-order valence-electron chi connectivity index (χ4n) is 1.35. The molecule has 0 bridgehead atoms. The van der Waals surface area contributed by atoms with E-state index in [1.807, 2.05) is 13.0 Å². The molecule has 0 aliphatic rings. The van der Waals surface area contributed by atoms with Crippen molar-refractivity contribution in [1.29, 1.82) is 0 Å². The number of halogens is 1. The molecule has 2 rings (SSSR count). The van der Waals surface area contributed by atoms with Gasteiger partial charge in [0.05, 0.1) is 13.7 Å². The lowest BCUT2D eigenvalue weighted by Crippen LogP contribution is -1.99. The largest absolute Gasteiger partial charge is 0.494 e. The Morgan fingerprint density at radius 1 is 1.11 bits per heavy atom. The molecule has 7 heteroatoms. The number of methoxy groups -OCH3 is 1. The summed E-state index contributed by atoms with van der Waals surface area (Å²) in [7, 11) is 1.44. The van der Waals surface area contributed by atoms with Crippen LogP contribution in [0, 0.1) is 0 Å². The number of nitrogens with zero attached hydrogens (tertiary/aromatic N) is 3. The highest BCUT2D eigenvalue weighted by Crippen LogP contribution is 2.24. The minimum absolute atomic E-state index is 0.00260. The van der Waals surface area contributed by atoms with Crippen molar-refractivity contribution >= 4 is 11.6 Å². The van der Waals surface area contributed by atoms with E-state index in [4.69, 9.17) is 25.8 Å². The van der Waals surface area contributed by atoms with E-state index in [0.717, 1.165) is 0 Å².